The van der Waals surface area contributed by atoms with Crippen molar-refractivity contribution in [1.82, 2.24) is 9.80 Å². The summed E-state index contributed by atoms with van der Waals surface area (Å²) in [5.74, 6) is 1.21. The van der Waals surface area contributed by atoms with Crippen LogP contribution >= 0.6 is 0 Å². The molecule has 0 spiro atoms. The maximum Gasteiger partial charge on any atom is 0.338 e. The van der Waals surface area contributed by atoms with E-state index in [0.717, 1.165) is 18.4 Å². The van der Waals surface area contributed by atoms with Crippen LogP contribution < -0.4 is 14.8 Å². The molecule has 1 atom stereocenters. The van der Waals surface area contributed by atoms with Gasteiger partial charge in [0.25, 0.3) is 0 Å². The Morgan fingerprint density at radius 2 is 1.83 bits per heavy atom. The summed E-state index contributed by atoms with van der Waals surface area (Å²) in [6, 6.07) is 15.1. The Bertz CT molecular complexity index is 1340. The number of amides is 3. The number of urea groups is 1. The highest BCUT2D eigenvalue weighted by Gasteiger charge is 2.27. The zero-order valence-electron chi connectivity index (χ0n) is 22.9. The van der Waals surface area contributed by atoms with Crippen LogP contribution in [-0.2, 0) is 27.4 Å². The van der Waals surface area contributed by atoms with Crippen LogP contribution in [0.3, 0.4) is 0 Å². The van der Waals surface area contributed by atoms with Gasteiger partial charge in [0.1, 0.15) is 12.3 Å². The molecular weight excluding hydrogens is 530 g/mol. The molecule has 11 heteroatoms. The molecule has 11 nitrogen and oxygen atoms in total. The van der Waals surface area contributed by atoms with Crippen LogP contribution in [0.4, 0.5) is 10.5 Å². The molecule has 2 aromatic carbocycles. The molecule has 0 saturated carbocycles. The van der Waals surface area contributed by atoms with Crippen molar-refractivity contribution in [2.45, 2.75) is 39.0 Å². The van der Waals surface area contributed by atoms with E-state index in [0.29, 0.717) is 35.1 Å². The Labute approximate surface area is 237 Å². The van der Waals surface area contributed by atoms with Crippen molar-refractivity contribution < 1.29 is 37.7 Å². The fourth-order valence-electron chi connectivity index (χ4n) is 4.71. The van der Waals surface area contributed by atoms with Crippen molar-refractivity contribution in [3.63, 3.8) is 0 Å². The van der Waals surface area contributed by atoms with Gasteiger partial charge in [0.2, 0.25) is 12.7 Å². The van der Waals surface area contributed by atoms with E-state index in [-0.39, 0.29) is 51.6 Å². The van der Waals surface area contributed by atoms with Crippen LogP contribution in [0.25, 0.3) is 0 Å². The van der Waals surface area contributed by atoms with E-state index < -0.39 is 12.0 Å². The first kappa shape index (κ1) is 28.0. The molecule has 41 heavy (non-hydrogen) atoms. The summed E-state index contributed by atoms with van der Waals surface area (Å²) in [4.78, 5) is 42.3. The smallest absolute Gasteiger partial charge is 0.338 e. The van der Waals surface area contributed by atoms with E-state index in [1.165, 1.54) is 4.90 Å². The molecule has 2 aliphatic heterocycles. The van der Waals surface area contributed by atoms with Gasteiger partial charge in [-0.3, -0.25) is 4.79 Å². The van der Waals surface area contributed by atoms with E-state index in [2.05, 4.69) is 5.32 Å². The standard InChI is InChI=1S/C30H33N3O8/c1-2-37-29(35)22-8-10-23(11-9-22)31-30(36)33(18-25-6-4-14-39-25)19-28(34)32(17-24-5-3-13-38-24)16-21-7-12-26-27(15-21)41-20-40-26/h3,5,7-13,15,25H,2,4,6,14,16-20H2,1H3,(H,31,36). The minimum atomic E-state index is -0.446. The quantitative estimate of drug-likeness (QED) is 0.341. The summed E-state index contributed by atoms with van der Waals surface area (Å²) in [6.45, 7) is 3.39. The number of carbonyl (C=O) groups excluding carboxylic acids is 3. The number of furan rings is 1. The summed E-state index contributed by atoms with van der Waals surface area (Å²) >= 11 is 0. The highest BCUT2D eigenvalue weighted by Crippen LogP contribution is 2.33. The molecule has 1 fully saturated rings. The monoisotopic (exact) mass is 563 g/mol. The molecule has 1 saturated heterocycles. The van der Waals surface area contributed by atoms with Crippen LogP contribution in [0, 0.1) is 0 Å². The Hall–Kier alpha value is -4.51. The molecule has 216 valence electrons. The van der Waals surface area contributed by atoms with Crippen LogP contribution in [-0.4, -0.2) is 66.9 Å². The number of carbonyl (C=O) groups is 3. The van der Waals surface area contributed by atoms with Gasteiger partial charge in [-0.1, -0.05) is 6.07 Å². The Morgan fingerprint density at radius 3 is 2.56 bits per heavy atom. The van der Waals surface area contributed by atoms with Crippen LogP contribution in [0.5, 0.6) is 11.5 Å². The molecule has 1 N–H and O–H groups in total. The molecule has 0 radical (unpaired) electrons. The van der Waals surface area contributed by atoms with Crippen LogP contribution in [0.15, 0.2) is 65.3 Å². The third-order valence-corrected chi connectivity index (χ3v) is 6.80. The van der Waals surface area contributed by atoms with Crippen LogP contribution in [0.1, 0.15) is 41.4 Å². The van der Waals surface area contributed by atoms with E-state index in [1.807, 2.05) is 18.2 Å². The lowest BCUT2D eigenvalue weighted by molar-refractivity contribution is -0.133. The normalized spacial score (nSPS) is 15.4. The first-order chi connectivity index (χ1) is 20.0. The minimum absolute atomic E-state index is 0.159. The second-order valence-corrected chi connectivity index (χ2v) is 9.76. The lowest BCUT2D eigenvalue weighted by Crippen LogP contribution is -2.46. The van der Waals surface area contributed by atoms with Crippen molar-refractivity contribution >= 4 is 23.6 Å². The average Bonchev–Trinajstić information content (AvgIpc) is 3.76. The Balaban J connectivity index is 1.31. The van der Waals surface area contributed by atoms with Gasteiger partial charge in [-0.05, 0) is 73.9 Å². The molecule has 3 aromatic rings. The highest BCUT2D eigenvalue weighted by molar-refractivity contribution is 5.94. The average molecular weight is 564 g/mol. The van der Waals surface area contributed by atoms with Gasteiger partial charge in [-0.2, -0.15) is 0 Å². The molecule has 0 aliphatic carbocycles. The minimum Gasteiger partial charge on any atom is -0.467 e. The third-order valence-electron chi connectivity index (χ3n) is 6.80. The first-order valence-corrected chi connectivity index (χ1v) is 13.6. The predicted molar refractivity (Wildman–Crippen MR) is 147 cm³/mol. The second kappa shape index (κ2) is 13.2. The lowest BCUT2D eigenvalue weighted by Gasteiger charge is -2.29. The molecule has 3 heterocycles. The highest BCUT2D eigenvalue weighted by atomic mass is 16.7. The summed E-state index contributed by atoms with van der Waals surface area (Å²) in [6.07, 6.45) is 3.10. The first-order valence-electron chi connectivity index (χ1n) is 13.6. The van der Waals surface area contributed by atoms with Gasteiger partial charge in [-0.25, -0.2) is 9.59 Å². The van der Waals surface area contributed by atoms with Gasteiger partial charge in [0.05, 0.1) is 31.1 Å². The third kappa shape index (κ3) is 7.37. The summed E-state index contributed by atoms with van der Waals surface area (Å²) in [5.41, 5.74) is 1.72. The number of hydrogen-bond acceptors (Lipinski definition) is 8. The summed E-state index contributed by atoms with van der Waals surface area (Å²) in [5, 5.41) is 2.84. The molecule has 3 amide bonds. The fraction of sp³-hybridized carbons (Fsp3) is 0.367. The Morgan fingerprint density at radius 1 is 1.00 bits per heavy atom. The van der Waals surface area contributed by atoms with E-state index in [9.17, 15) is 14.4 Å². The second-order valence-electron chi connectivity index (χ2n) is 9.76. The van der Waals surface area contributed by atoms with Crippen molar-refractivity contribution in [1.29, 1.82) is 0 Å². The molecule has 0 bridgehead atoms. The van der Waals surface area contributed by atoms with Crippen LogP contribution in [0.2, 0.25) is 0 Å². The molecule has 5 rings (SSSR count). The summed E-state index contributed by atoms with van der Waals surface area (Å²) in [7, 11) is 0. The maximum absolute atomic E-state index is 13.7. The van der Waals surface area contributed by atoms with Gasteiger partial charge in [0.15, 0.2) is 11.5 Å². The number of nitrogens with zero attached hydrogens (tertiary/aromatic N) is 2. The van der Waals surface area contributed by atoms with E-state index >= 15 is 0 Å². The lowest BCUT2D eigenvalue weighted by atomic mass is 10.1. The molecule has 1 aromatic heterocycles. The van der Waals surface area contributed by atoms with Gasteiger partial charge >= 0.3 is 12.0 Å². The largest absolute Gasteiger partial charge is 0.467 e. The maximum atomic E-state index is 13.7. The van der Waals surface area contributed by atoms with Gasteiger partial charge < -0.3 is 38.5 Å². The van der Waals surface area contributed by atoms with E-state index in [1.54, 1.807) is 54.5 Å². The van der Waals surface area contributed by atoms with Crippen molar-refractivity contribution in [3.8, 4) is 11.5 Å². The molecule has 1 unspecified atom stereocenters. The topological polar surface area (TPSA) is 120 Å². The fourth-order valence-corrected chi connectivity index (χ4v) is 4.71. The van der Waals surface area contributed by atoms with Gasteiger partial charge in [-0.15, -0.1) is 0 Å². The number of anilines is 1. The molecule has 2 aliphatic rings. The number of nitrogens with one attached hydrogen (secondary N) is 1. The van der Waals surface area contributed by atoms with Crippen molar-refractivity contribution in [2.75, 3.05) is 38.4 Å². The number of hydrogen-bond donors (Lipinski definition) is 1. The number of fused-ring (bicyclic) bond motifs is 1. The Kier molecular flexibility index (Phi) is 9.05. The predicted octanol–water partition coefficient (Wildman–Crippen LogP) is 4.43. The summed E-state index contributed by atoms with van der Waals surface area (Å²) < 4.78 is 27.2. The number of ether oxygens (including phenoxy) is 4. The zero-order valence-corrected chi connectivity index (χ0v) is 22.9. The number of rotatable bonds is 11. The zero-order chi connectivity index (χ0) is 28.6. The SMILES string of the molecule is CCOC(=O)c1ccc(NC(=O)N(CC(=O)N(Cc2ccc3c(c2)OCO3)Cc2ccco2)CC2CCCO2)cc1. The van der Waals surface area contributed by atoms with Crippen molar-refractivity contribution in [2.24, 2.45) is 0 Å². The van der Waals surface area contributed by atoms with Crippen molar-refractivity contribution in [3.05, 3.63) is 77.7 Å². The number of benzene rings is 2. The molecular formula is C30H33N3O8. The van der Waals surface area contributed by atoms with Gasteiger partial charge in [0, 0.05) is 25.4 Å². The van der Waals surface area contributed by atoms with E-state index in [4.69, 9.17) is 23.4 Å². The number of esters is 1.